The summed E-state index contributed by atoms with van der Waals surface area (Å²) in [7, 11) is 1.79. The van der Waals surface area contributed by atoms with Gasteiger partial charge in [0.15, 0.2) is 0 Å². The number of aliphatic hydroxyl groups excluding tert-OH is 1. The molecule has 0 aliphatic heterocycles. The molecule has 1 amide bonds. The second-order valence-electron chi connectivity index (χ2n) is 4.66. The Morgan fingerprint density at radius 2 is 2.33 bits per heavy atom. The van der Waals surface area contributed by atoms with Crippen molar-refractivity contribution in [1.82, 2.24) is 20.3 Å². The molecule has 21 heavy (non-hydrogen) atoms. The van der Waals surface area contributed by atoms with Crippen LogP contribution in [0.3, 0.4) is 0 Å². The number of furan rings is 1. The molecule has 3 aromatic rings. The summed E-state index contributed by atoms with van der Waals surface area (Å²) >= 11 is 0. The van der Waals surface area contributed by atoms with Crippen LogP contribution in [0.2, 0.25) is 0 Å². The van der Waals surface area contributed by atoms with Crippen LogP contribution < -0.4 is 5.32 Å². The molecule has 0 radical (unpaired) electrons. The summed E-state index contributed by atoms with van der Waals surface area (Å²) in [4.78, 5) is 12.1. The topological polar surface area (TPSA) is 93.2 Å². The highest BCUT2D eigenvalue weighted by atomic mass is 16.4. The molecular formula is C14H14N4O3. The summed E-state index contributed by atoms with van der Waals surface area (Å²) in [5, 5.41) is 20.4. The number of hydrogen-bond acceptors (Lipinski definition) is 5. The number of benzene rings is 1. The molecule has 2 heterocycles. The number of aromatic nitrogens is 3. The third kappa shape index (κ3) is 2.63. The normalized spacial score (nSPS) is 12.5. The molecule has 0 saturated heterocycles. The fraction of sp³-hybridized carbons (Fsp3) is 0.214. The molecule has 1 unspecified atom stereocenters. The van der Waals surface area contributed by atoms with Crippen molar-refractivity contribution in [2.75, 3.05) is 6.54 Å². The van der Waals surface area contributed by atoms with E-state index < -0.39 is 6.10 Å². The van der Waals surface area contributed by atoms with Crippen LogP contribution in [0.1, 0.15) is 22.2 Å². The van der Waals surface area contributed by atoms with Crippen molar-refractivity contribution < 1.29 is 14.3 Å². The Labute approximate surface area is 120 Å². The maximum Gasteiger partial charge on any atom is 0.251 e. The van der Waals surface area contributed by atoms with Crippen molar-refractivity contribution in [3.05, 3.63) is 47.9 Å². The summed E-state index contributed by atoms with van der Waals surface area (Å²) in [5.74, 6) is 0.132. The number of carbonyl (C=O) groups is 1. The van der Waals surface area contributed by atoms with Crippen LogP contribution in [0.4, 0.5) is 0 Å². The van der Waals surface area contributed by atoms with Gasteiger partial charge in [0.1, 0.15) is 17.4 Å². The van der Waals surface area contributed by atoms with Gasteiger partial charge in [0.2, 0.25) is 0 Å². The zero-order valence-electron chi connectivity index (χ0n) is 11.4. The molecule has 0 fully saturated rings. The Kier molecular flexibility index (Phi) is 3.41. The predicted octanol–water partition coefficient (Wildman–Crippen LogP) is 1.02. The zero-order chi connectivity index (χ0) is 14.8. The van der Waals surface area contributed by atoms with Crippen LogP contribution in [-0.4, -0.2) is 32.6 Å². The molecule has 2 N–H and O–H groups in total. The van der Waals surface area contributed by atoms with Gasteiger partial charge in [-0.3, -0.25) is 4.79 Å². The van der Waals surface area contributed by atoms with Crippen LogP contribution in [0.15, 0.2) is 41.0 Å². The lowest BCUT2D eigenvalue weighted by atomic mass is 10.2. The van der Waals surface area contributed by atoms with E-state index in [9.17, 15) is 9.90 Å². The van der Waals surface area contributed by atoms with Gasteiger partial charge in [-0.05, 0) is 30.3 Å². The minimum absolute atomic E-state index is 0.0743. The first-order valence-electron chi connectivity index (χ1n) is 6.44. The van der Waals surface area contributed by atoms with E-state index >= 15 is 0 Å². The maximum absolute atomic E-state index is 12.1. The number of amides is 1. The SMILES string of the molecule is Cn1nnc2cc(C(=O)NCC(O)c3ccco3)ccc21. The zero-order valence-corrected chi connectivity index (χ0v) is 11.4. The summed E-state index contributed by atoms with van der Waals surface area (Å²) in [6, 6.07) is 8.48. The van der Waals surface area contributed by atoms with Crippen molar-refractivity contribution in [2.45, 2.75) is 6.10 Å². The monoisotopic (exact) mass is 286 g/mol. The average Bonchev–Trinajstić information content (AvgIpc) is 3.14. The minimum Gasteiger partial charge on any atom is -0.467 e. The average molecular weight is 286 g/mol. The van der Waals surface area contributed by atoms with Gasteiger partial charge in [-0.2, -0.15) is 0 Å². The van der Waals surface area contributed by atoms with E-state index in [1.807, 2.05) is 0 Å². The second-order valence-corrected chi connectivity index (χ2v) is 4.66. The van der Waals surface area contributed by atoms with Crippen LogP contribution in [0.25, 0.3) is 11.0 Å². The largest absolute Gasteiger partial charge is 0.467 e. The standard InChI is InChI=1S/C14H14N4O3/c1-18-11-5-4-9(7-10(11)16-17-18)14(20)15-8-12(19)13-3-2-6-21-13/h2-7,12,19H,8H2,1H3,(H,15,20). The van der Waals surface area contributed by atoms with Gasteiger partial charge in [0.25, 0.3) is 5.91 Å². The fourth-order valence-electron chi connectivity index (χ4n) is 2.05. The van der Waals surface area contributed by atoms with Crippen molar-refractivity contribution in [1.29, 1.82) is 0 Å². The van der Waals surface area contributed by atoms with Crippen molar-refractivity contribution in [3.63, 3.8) is 0 Å². The van der Waals surface area contributed by atoms with Gasteiger partial charge in [-0.15, -0.1) is 5.10 Å². The molecule has 1 atom stereocenters. The predicted molar refractivity (Wildman–Crippen MR) is 74.5 cm³/mol. The van der Waals surface area contributed by atoms with Gasteiger partial charge in [0, 0.05) is 12.6 Å². The molecule has 108 valence electrons. The first-order valence-corrected chi connectivity index (χ1v) is 6.44. The molecule has 7 heteroatoms. The summed E-state index contributed by atoms with van der Waals surface area (Å²) < 4.78 is 6.71. The molecular weight excluding hydrogens is 272 g/mol. The van der Waals surface area contributed by atoms with Gasteiger partial charge in [-0.25, -0.2) is 4.68 Å². The molecule has 0 aliphatic carbocycles. The highest BCUT2D eigenvalue weighted by Gasteiger charge is 2.13. The van der Waals surface area contributed by atoms with Gasteiger partial charge >= 0.3 is 0 Å². The molecule has 7 nitrogen and oxygen atoms in total. The van der Waals surface area contributed by atoms with E-state index in [0.29, 0.717) is 16.8 Å². The number of aliphatic hydroxyl groups is 1. The van der Waals surface area contributed by atoms with Crippen molar-refractivity contribution in [3.8, 4) is 0 Å². The molecule has 1 aromatic carbocycles. The summed E-state index contributed by atoms with van der Waals surface area (Å²) in [6.45, 7) is 0.0743. The first kappa shape index (κ1) is 13.3. The Balaban J connectivity index is 1.69. The van der Waals surface area contributed by atoms with E-state index in [-0.39, 0.29) is 12.5 Å². The Bertz CT molecular complexity index is 764. The highest BCUT2D eigenvalue weighted by Crippen LogP contribution is 2.14. The molecule has 2 aromatic heterocycles. The smallest absolute Gasteiger partial charge is 0.251 e. The highest BCUT2D eigenvalue weighted by molar-refractivity contribution is 5.97. The second kappa shape index (κ2) is 5.37. The number of rotatable bonds is 4. The van der Waals surface area contributed by atoms with Crippen molar-refractivity contribution >= 4 is 16.9 Å². The fourth-order valence-corrected chi connectivity index (χ4v) is 2.05. The summed E-state index contributed by atoms with van der Waals surface area (Å²) in [5.41, 5.74) is 1.97. The molecule has 0 saturated carbocycles. The van der Waals surface area contributed by atoms with Gasteiger partial charge < -0.3 is 14.8 Å². The molecule has 0 aliphatic rings. The minimum atomic E-state index is -0.871. The third-order valence-electron chi connectivity index (χ3n) is 3.20. The lowest BCUT2D eigenvalue weighted by Crippen LogP contribution is -2.28. The van der Waals surface area contributed by atoms with E-state index in [2.05, 4.69) is 15.6 Å². The Morgan fingerprint density at radius 1 is 1.48 bits per heavy atom. The van der Waals surface area contributed by atoms with Crippen LogP contribution in [0, 0.1) is 0 Å². The van der Waals surface area contributed by atoms with Crippen LogP contribution in [0.5, 0.6) is 0 Å². The van der Waals surface area contributed by atoms with E-state index in [1.165, 1.54) is 6.26 Å². The lowest BCUT2D eigenvalue weighted by molar-refractivity contribution is 0.0901. The molecule has 3 rings (SSSR count). The van der Waals surface area contributed by atoms with Crippen LogP contribution in [-0.2, 0) is 7.05 Å². The van der Waals surface area contributed by atoms with Crippen LogP contribution >= 0.6 is 0 Å². The Hall–Kier alpha value is -2.67. The number of carbonyl (C=O) groups excluding carboxylic acids is 1. The quantitative estimate of drug-likeness (QED) is 0.747. The molecule has 0 spiro atoms. The molecule has 0 bridgehead atoms. The number of fused-ring (bicyclic) bond motifs is 1. The lowest BCUT2D eigenvalue weighted by Gasteiger charge is -2.09. The van der Waals surface area contributed by atoms with E-state index in [4.69, 9.17) is 4.42 Å². The number of hydrogen-bond donors (Lipinski definition) is 2. The summed E-state index contributed by atoms with van der Waals surface area (Å²) in [6.07, 6.45) is 0.603. The Morgan fingerprint density at radius 3 is 3.10 bits per heavy atom. The first-order chi connectivity index (χ1) is 10.1. The number of aryl methyl sites for hydroxylation is 1. The third-order valence-corrected chi connectivity index (χ3v) is 3.20. The van der Waals surface area contributed by atoms with E-state index in [0.717, 1.165) is 5.52 Å². The van der Waals surface area contributed by atoms with Gasteiger partial charge in [0.05, 0.1) is 18.3 Å². The maximum atomic E-state index is 12.1. The van der Waals surface area contributed by atoms with Gasteiger partial charge in [-0.1, -0.05) is 5.21 Å². The van der Waals surface area contributed by atoms with Crippen molar-refractivity contribution in [2.24, 2.45) is 7.05 Å². The van der Waals surface area contributed by atoms with E-state index in [1.54, 1.807) is 42.1 Å². The number of nitrogens with one attached hydrogen (secondary N) is 1. The number of nitrogens with zero attached hydrogens (tertiary/aromatic N) is 3.